The molecule has 0 saturated heterocycles. The Morgan fingerprint density at radius 1 is 1.20 bits per heavy atom. The summed E-state index contributed by atoms with van der Waals surface area (Å²) in [4.78, 5) is 13.1. The second-order valence-electron chi connectivity index (χ2n) is 4.65. The number of aldehydes is 1. The summed E-state index contributed by atoms with van der Waals surface area (Å²) in [5.41, 5.74) is 2.78. The number of halogens is 1. The maximum Gasteiger partial charge on any atom is 0.151 e. The van der Waals surface area contributed by atoms with E-state index in [4.69, 9.17) is 4.74 Å². The first-order chi connectivity index (χ1) is 9.79. The molecule has 102 valence electrons. The molecule has 0 aromatic heterocycles. The summed E-state index contributed by atoms with van der Waals surface area (Å²) in [5.74, 6) is 0.903. The van der Waals surface area contributed by atoms with Crippen molar-refractivity contribution in [1.82, 2.24) is 0 Å². The number of benzene rings is 2. The number of carbonyl (C=O) groups excluding carboxylic acids is 1. The predicted octanol–water partition coefficient (Wildman–Crippen LogP) is 4.18. The molecule has 2 aromatic carbocycles. The highest BCUT2D eigenvalue weighted by molar-refractivity contribution is 9.10. The number of hydrogen-bond acceptors (Lipinski definition) is 3. The zero-order valence-electron chi connectivity index (χ0n) is 10.9. The van der Waals surface area contributed by atoms with Crippen molar-refractivity contribution in [2.24, 2.45) is 0 Å². The van der Waals surface area contributed by atoms with E-state index in [0.29, 0.717) is 5.56 Å². The molecule has 0 radical (unpaired) electrons. The van der Waals surface area contributed by atoms with E-state index in [1.165, 1.54) is 0 Å². The first-order valence-electron chi connectivity index (χ1n) is 6.53. The predicted molar refractivity (Wildman–Crippen MR) is 83.1 cm³/mol. The average Bonchev–Trinajstić information content (AvgIpc) is 2.69. The van der Waals surface area contributed by atoms with Crippen molar-refractivity contribution in [3.63, 3.8) is 0 Å². The fraction of sp³-hybridized carbons (Fsp3) is 0.188. The van der Waals surface area contributed by atoms with Gasteiger partial charge in [0.05, 0.1) is 12.3 Å². The third kappa shape index (κ3) is 2.43. The fourth-order valence-electron chi connectivity index (χ4n) is 2.38. The Morgan fingerprint density at radius 2 is 2.05 bits per heavy atom. The maximum absolute atomic E-state index is 10.9. The lowest BCUT2D eigenvalue weighted by atomic mass is 10.2. The van der Waals surface area contributed by atoms with Crippen molar-refractivity contribution in [3.05, 3.63) is 52.5 Å². The lowest BCUT2D eigenvalue weighted by Crippen LogP contribution is -2.17. The van der Waals surface area contributed by atoms with Gasteiger partial charge in [0.1, 0.15) is 5.75 Å². The molecule has 20 heavy (non-hydrogen) atoms. The molecule has 4 heteroatoms. The highest BCUT2D eigenvalue weighted by Crippen LogP contribution is 2.36. The molecule has 0 aliphatic carbocycles. The number of carbonyl (C=O) groups is 1. The Labute approximate surface area is 126 Å². The molecular weight excluding hydrogens is 318 g/mol. The van der Waals surface area contributed by atoms with Gasteiger partial charge in [-0.3, -0.25) is 4.79 Å². The zero-order valence-corrected chi connectivity index (χ0v) is 12.5. The molecule has 0 atom stereocenters. The van der Waals surface area contributed by atoms with E-state index in [9.17, 15) is 4.79 Å². The number of para-hydroxylation sites is 2. The largest absolute Gasteiger partial charge is 0.491 e. The van der Waals surface area contributed by atoms with Crippen LogP contribution in [0.3, 0.4) is 0 Å². The fourth-order valence-corrected chi connectivity index (χ4v) is 2.84. The van der Waals surface area contributed by atoms with Gasteiger partial charge in [0.15, 0.2) is 6.29 Å². The molecule has 2 aromatic rings. The van der Waals surface area contributed by atoms with Gasteiger partial charge in [0, 0.05) is 22.3 Å². The molecule has 0 unspecified atom stereocenters. The van der Waals surface area contributed by atoms with Gasteiger partial charge in [-0.15, -0.1) is 0 Å². The Hall–Kier alpha value is -1.81. The van der Waals surface area contributed by atoms with Crippen LogP contribution in [0.5, 0.6) is 5.75 Å². The third-order valence-corrected chi connectivity index (χ3v) is 4.05. The Morgan fingerprint density at radius 3 is 2.85 bits per heavy atom. The molecular formula is C16H14BrNO2. The summed E-state index contributed by atoms with van der Waals surface area (Å²) in [5, 5.41) is 0. The quantitative estimate of drug-likeness (QED) is 0.773. The van der Waals surface area contributed by atoms with Gasteiger partial charge in [-0.2, -0.15) is 0 Å². The van der Waals surface area contributed by atoms with E-state index >= 15 is 0 Å². The topological polar surface area (TPSA) is 29.5 Å². The van der Waals surface area contributed by atoms with Crippen LogP contribution in [0.25, 0.3) is 0 Å². The molecule has 0 fully saturated rings. The second kappa shape index (κ2) is 5.67. The average molecular weight is 332 g/mol. The molecule has 3 rings (SSSR count). The molecule has 1 aliphatic rings. The summed E-state index contributed by atoms with van der Waals surface area (Å²) in [6.07, 6.45) is 1.81. The van der Waals surface area contributed by atoms with Crippen LogP contribution in [0, 0.1) is 0 Å². The van der Waals surface area contributed by atoms with Crippen LogP contribution in [-0.2, 0) is 0 Å². The first kappa shape index (κ1) is 13.2. The molecule has 0 amide bonds. The number of ether oxygens (including phenoxy) is 1. The van der Waals surface area contributed by atoms with Crippen LogP contribution in [0.2, 0.25) is 0 Å². The van der Waals surface area contributed by atoms with Crippen molar-refractivity contribution in [3.8, 4) is 5.75 Å². The summed E-state index contributed by atoms with van der Waals surface area (Å²) in [6.45, 7) is 1.62. The lowest BCUT2D eigenvalue weighted by Gasteiger charge is -2.24. The number of hydrogen-bond donors (Lipinski definition) is 0. The van der Waals surface area contributed by atoms with Gasteiger partial charge in [-0.1, -0.05) is 12.1 Å². The number of fused-ring (bicyclic) bond motifs is 1. The normalized spacial score (nSPS) is 14.2. The highest BCUT2D eigenvalue weighted by Gasteiger charge is 2.17. The smallest absolute Gasteiger partial charge is 0.151 e. The Kier molecular flexibility index (Phi) is 3.74. The van der Waals surface area contributed by atoms with Gasteiger partial charge in [-0.05, 0) is 52.7 Å². The van der Waals surface area contributed by atoms with Gasteiger partial charge in [-0.25, -0.2) is 0 Å². The monoisotopic (exact) mass is 331 g/mol. The molecule has 0 N–H and O–H groups in total. The maximum atomic E-state index is 10.9. The van der Waals surface area contributed by atoms with Crippen LogP contribution in [-0.4, -0.2) is 19.4 Å². The van der Waals surface area contributed by atoms with Crippen LogP contribution in [0.15, 0.2) is 46.9 Å². The summed E-state index contributed by atoms with van der Waals surface area (Å²) >= 11 is 3.44. The van der Waals surface area contributed by atoms with Crippen LogP contribution in [0.1, 0.15) is 16.8 Å². The number of nitrogens with zero attached hydrogens (tertiary/aromatic N) is 1. The van der Waals surface area contributed by atoms with Crippen LogP contribution < -0.4 is 9.64 Å². The van der Waals surface area contributed by atoms with E-state index in [0.717, 1.165) is 47.5 Å². The van der Waals surface area contributed by atoms with E-state index in [1.807, 2.05) is 36.4 Å². The minimum atomic E-state index is 0.660. The minimum Gasteiger partial charge on any atom is -0.491 e. The highest BCUT2D eigenvalue weighted by atomic mass is 79.9. The SMILES string of the molecule is O=Cc1ccc(N2CCCOc3ccccc32)cc1Br. The Bertz CT molecular complexity index is 642. The van der Waals surface area contributed by atoms with E-state index in [2.05, 4.69) is 26.9 Å². The standard InChI is InChI=1S/C16H14BrNO2/c17-14-10-13(7-6-12(14)11-19)18-8-3-9-20-16-5-2-1-4-15(16)18/h1-2,4-7,10-11H,3,8-9H2. The summed E-state index contributed by atoms with van der Waals surface area (Å²) in [7, 11) is 0. The van der Waals surface area contributed by atoms with E-state index < -0.39 is 0 Å². The van der Waals surface area contributed by atoms with Crippen LogP contribution in [0.4, 0.5) is 11.4 Å². The van der Waals surface area contributed by atoms with Crippen molar-refractivity contribution >= 4 is 33.6 Å². The van der Waals surface area contributed by atoms with Crippen molar-refractivity contribution in [2.45, 2.75) is 6.42 Å². The third-order valence-electron chi connectivity index (χ3n) is 3.36. The van der Waals surface area contributed by atoms with Crippen molar-refractivity contribution < 1.29 is 9.53 Å². The molecule has 0 bridgehead atoms. The first-order valence-corrected chi connectivity index (χ1v) is 7.33. The molecule has 0 saturated carbocycles. The molecule has 1 heterocycles. The van der Waals surface area contributed by atoms with Crippen molar-refractivity contribution in [2.75, 3.05) is 18.1 Å². The van der Waals surface area contributed by atoms with Crippen molar-refractivity contribution in [1.29, 1.82) is 0 Å². The van der Waals surface area contributed by atoms with Gasteiger partial charge < -0.3 is 9.64 Å². The van der Waals surface area contributed by atoms with Gasteiger partial charge >= 0.3 is 0 Å². The zero-order chi connectivity index (χ0) is 13.9. The minimum absolute atomic E-state index is 0.660. The Balaban J connectivity index is 2.05. The van der Waals surface area contributed by atoms with Gasteiger partial charge in [0.25, 0.3) is 0 Å². The van der Waals surface area contributed by atoms with Gasteiger partial charge in [0.2, 0.25) is 0 Å². The molecule has 3 nitrogen and oxygen atoms in total. The van der Waals surface area contributed by atoms with Crippen LogP contribution >= 0.6 is 15.9 Å². The summed E-state index contributed by atoms with van der Waals surface area (Å²) < 4.78 is 6.58. The number of rotatable bonds is 2. The summed E-state index contributed by atoms with van der Waals surface area (Å²) in [6, 6.07) is 13.8. The van der Waals surface area contributed by atoms with E-state index in [-0.39, 0.29) is 0 Å². The number of anilines is 2. The second-order valence-corrected chi connectivity index (χ2v) is 5.50. The lowest BCUT2D eigenvalue weighted by molar-refractivity contribution is 0.112. The molecule has 1 aliphatic heterocycles. The molecule has 0 spiro atoms. The van der Waals surface area contributed by atoms with E-state index in [1.54, 1.807) is 0 Å².